The molecule has 1 aliphatic rings. The second-order valence-corrected chi connectivity index (χ2v) is 8.81. The number of ether oxygens (including phenoxy) is 2. The highest BCUT2D eigenvalue weighted by Crippen LogP contribution is 2.25. The van der Waals surface area contributed by atoms with Gasteiger partial charge in [-0.25, -0.2) is 12.7 Å². The van der Waals surface area contributed by atoms with Gasteiger partial charge in [-0.15, -0.1) is 0 Å². The van der Waals surface area contributed by atoms with Gasteiger partial charge in [-0.05, 0) is 37.1 Å². The molecule has 2 unspecified atom stereocenters. The molecule has 140 valence electrons. The molecule has 0 bridgehead atoms. The quantitative estimate of drug-likeness (QED) is 0.806. The van der Waals surface area contributed by atoms with Crippen molar-refractivity contribution in [2.75, 3.05) is 40.2 Å². The third kappa shape index (κ3) is 4.50. The zero-order chi connectivity index (χ0) is 18.8. The molecule has 0 spiro atoms. The van der Waals surface area contributed by atoms with E-state index in [0.29, 0.717) is 18.8 Å². The topological polar surface area (TPSA) is 84.9 Å². The summed E-state index contributed by atoms with van der Waals surface area (Å²) >= 11 is 0. The Morgan fingerprint density at radius 3 is 2.40 bits per heavy atom. The predicted molar refractivity (Wildman–Crippen MR) is 95.5 cm³/mol. The Kier molecular flexibility index (Phi) is 6.08. The summed E-state index contributed by atoms with van der Waals surface area (Å²) in [6.45, 7) is 4.40. The van der Waals surface area contributed by atoms with Gasteiger partial charge in [-0.1, -0.05) is 0 Å². The van der Waals surface area contributed by atoms with Crippen LogP contribution in [0.1, 0.15) is 21.5 Å². The summed E-state index contributed by atoms with van der Waals surface area (Å²) in [5, 5.41) is 2.91. The maximum atomic E-state index is 12.6. The van der Waals surface area contributed by atoms with Gasteiger partial charge >= 0.3 is 0 Å². The van der Waals surface area contributed by atoms with Crippen molar-refractivity contribution in [3.8, 4) is 5.75 Å². The third-order valence-corrected chi connectivity index (χ3v) is 6.38. The smallest absolute Gasteiger partial charge is 0.251 e. The molecule has 25 heavy (non-hydrogen) atoms. The lowest BCUT2D eigenvalue weighted by Gasteiger charge is -2.21. The summed E-state index contributed by atoms with van der Waals surface area (Å²) in [6, 6.07) is 3.20. The highest BCUT2D eigenvalue weighted by molar-refractivity contribution is 7.89. The average molecular weight is 370 g/mol. The molecule has 8 heteroatoms. The first-order chi connectivity index (χ1) is 11.7. The largest absolute Gasteiger partial charge is 0.496 e. The Bertz CT molecular complexity index is 722. The number of nitrogens with zero attached hydrogens (tertiary/aromatic N) is 1. The number of aryl methyl sites for hydroxylation is 2. The fourth-order valence-corrected chi connectivity index (χ4v) is 4.16. The third-order valence-electron chi connectivity index (χ3n) is 4.42. The van der Waals surface area contributed by atoms with E-state index < -0.39 is 10.0 Å². The van der Waals surface area contributed by atoms with Crippen molar-refractivity contribution in [1.29, 1.82) is 0 Å². The Labute approximate surface area is 149 Å². The molecule has 2 rings (SSSR count). The van der Waals surface area contributed by atoms with Gasteiger partial charge < -0.3 is 14.8 Å². The van der Waals surface area contributed by atoms with Crippen molar-refractivity contribution in [3.05, 3.63) is 28.8 Å². The van der Waals surface area contributed by atoms with Crippen LogP contribution in [0.2, 0.25) is 0 Å². The summed E-state index contributed by atoms with van der Waals surface area (Å²) in [5.74, 6) is 0.204. The molecule has 1 saturated heterocycles. The number of amides is 1. The van der Waals surface area contributed by atoms with E-state index >= 15 is 0 Å². The van der Waals surface area contributed by atoms with Gasteiger partial charge in [0.2, 0.25) is 10.0 Å². The summed E-state index contributed by atoms with van der Waals surface area (Å²) in [5.41, 5.74) is 2.28. The zero-order valence-electron chi connectivity index (χ0n) is 15.3. The predicted octanol–water partition coefficient (Wildman–Crippen LogP) is 0.948. The van der Waals surface area contributed by atoms with E-state index in [1.165, 1.54) is 18.4 Å². The zero-order valence-corrected chi connectivity index (χ0v) is 16.1. The minimum atomic E-state index is -3.35. The van der Waals surface area contributed by atoms with Crippen molar-refractivity contribution in [2.45, 2.75) is 19.9 Å². The summed E-state index contributed by atoms with van der Waals surface area (Å²) in [4.78, 5) is 12.6. The van der Waals surface area contributed by atoms with E-state index in [9.17, 15) is 13.2 Å². The van der Waals surface area contributed by atoms with Crippen LogP contribution in [0.25, 0.3) is 0 Å². The van der Waals surface area contributed by atoms with Crippen LogP contribution in [-0.4, -0.2) is 64.8 Å². The van der Waals surface area contributed by atoms with Crippen molar-refractivity contribution in [2.24, 2.45) is 5.92 Å². The Hall–Kier alpha value is -1.64. The van der Waals surface area contributed by atoms with Crippen LogP contribution in [0.15, 0.2) is 12.1 Å². The van der Waals surface area contributed by atoms with Gasteiger partial charge in [0.05, 0.1) is 32.1 Å². The van der Waals surface area contributed by atoms with Crippen LogP contribution in [0, 0.1) is 19.8 Å². The van der Waals surface area contributed by atoms with Crippen LogP contribution in [0.5, 0.6) is 5.75 Å². The molecule has 1 aliphatic heterocycles. The van der Waals surface area contributed by atoms with Gasteiger partial charge in [0.15, 0.2) is 0 Å². The van der Waals surface area contributed by atoms with E-state index in [0.717, 1.165) is 16.9 Å². The SMILES string of the molecule is COc1c(C)cc(C(=O)NC2COCC2CS(=O)(=O)N(C)C)cc1C. The second kappa shape index (κ2) is 7.72. The number of rotatable bonds is 6. The van der Waals surface area contributed by atoms with Crippen molar-refractivity contribution >= 4 is 15.9 Å². The average Bonchev–Trinajstić information content (AvgIpc) is 2.93. The van der Waals surface area contributed by atoms with Crippen LogP contribution >= 0.6 is 0 Å². The Morgan fingerprint density at radius 2 is 1.88 bits per heavy atom. The van der Waals surface area contributed by atoms with E-state index in [1.54, 1.807) is 19.2 Å². The number of methoxy groups -OCH3 is 1. The Balaban J connectivity index is 2.12. The molecule has 1 fully saturated rings. The normalized spacial score (nSPS) is 20.7. The molecule has 0 saturated carbocycles. The highest BCUT2D eigenvalue weighted by Gasteiger charge is 2.34. The van der Waals surface area contributed by atoms with E-state index in [1.807, 2.05) is 13.8 Å². The van der Waals surface area contributed by atoms with E-state index in [-0.39, 0.29) is 23.6 Å². The monoisotopic (exact) mass is 370 g/mol. The highest BCUT2D eigenvalue weighted by atomic mass is 32.2. The molecule has 1 heterocycles. The van der Waals surface area contributed by atoms with Crippen LogP contribution < -0.4 is 10.1 Å². The van der Waals surface area contributed by atoms with Gasteiger partial charge in [-0.3, -0.25) is 4.79 Å². The van der Waals surface area contributed by atoms with Crippen LogP contribution in [0.3, 0.4) is 0 Å². The molecule has 0 radical (unpaired) electrons. The number of hydrogen-bond donors (Lipinski definition) is 1. The summed E-state index contributed by atoms with van der Waals surface area (Å²) < 4.78 is 36.1. The molecular formula is C17H26N2O5S. The molecule has 1 amide bonds. The number of sulfonamides is 1. The van der Waals surface area contributed by atoms with Gasteiger partial charge in [-0.2, -0.15) is 0 Å². The van der Waals surface area contributed by atoms with Crippen LogP contribution in [0.4, 0.5) is 0 Å². The lowest BCUT2D eigenvalue weighted by Crippen LogP contribution is -2.43. The standard InChI is InChI=1S/C17H26N2O5S/c1-11-6-13(7-12(2)16(11)23-5)17(20)18-15-9-24-8-14(15)10-25(21,22)19(3)4/h6-7,14-15H,8-10H2,1-5H3,(H,18,20). The van der Waals surface area contributed by atoms with E-state index in [2.05, 4.69) is 5.32 Å². The maximum absolute atomic E-state index is 12.6. The number of nitrogens with one attached hydrogen (secondary N) is 1. The first-order valence-corrected chi connectivity index (χ1v) is 9.70. The van der Waals surface area contributed by atoms with Crippen molar-refractivity contribution < 1.29 is 22.7 Å². The van der Waals surface area contributed by atoms with Crippen molar-refractivity contribution in [1.82, 2.24) is 9.62 Å². The van der Waals surface area contributed by atoms with E-state index in [4.69, 9.17) is 9.47 Å². The summed E-state index contributed by atoms with van der Waals surface area (Å²) in [7, 11) is 1.25. The minimum Gasteiger partial charge on any atom is -0.496 e. The molecule has 1 aromatic carbocycles. The Morgan fingerprint density at radius 1 is 1.28 bits per heavy atom. The number of hydrogen-bond acceptors (Lipinski definition) is 5. The molecule has 2 atom stereocenters. The fraction of sp³-hybridized carbons (Fsp3) is 0.588. The van der Waals surface area contributed by atoms with Gasteiger partial charge in [0.25, 0.3) is 5.91 Å². The first kappa shape index (κ1) is 19.7. The van der Waals surface area contributed by atoms with Crippen LogP contribution in [-0.2, 0) is 14.8 Å². The molecule has 1 aromatic rings. The lowest BCUT2D eigenvalue weighted by molar-refractivity contribution is 0.0926. The number of carbonyl (C=O) groups excluding carboxylic acids is 1. The molecule has 0 aliphatic carbocycles. The van der Waals surface area contributed by atoms with Crippen molar-refractivity contribution in [3.63, 3.8) is 0 Å². The fourth-order valence-electron chi connectivity index (χ4n) is 3.00. The number of benzene rings is 1. The molecule has 7 nitrogen and oxygen atoms in total. The van der Waals surface area contributed by atoms with Gasteiger partial charge in [0, 0.05) is 25.6 Å². The molecular weight excluding hydrogens is 344 g/mol. The molecule has 1 N–H and O–H groups in total. The first-order valence-electron chi connectivity index (χ1n) is 8.09. The minimum absolute atomic E-state index is 0.0500. The lowest BCUT2D eigenvalue weighted by atomic mass is 10.0. The second-order valence-electron chi connectivity index (χ2n) is 6.58. The maximum Gasteiger partial charge on any atom is 0.251 e. The summed E-state index contributed by atoms with van der Waals surface area (Å²) in [6.07, 6.45) is 0. The molecule has 0 aromatic heterocycles. The van der Waals surface area contributed by atoms with Gasteiger partial charge in [0.1, 0.15) is 5.75 Å². The number of carbonyl (C=O) groups is 1.